The molecule has 1 saturated heterocycles. The molecule has 0 spiro atoms. The maximum Gasteiger partial charge on any atom is 0.238 e. The van der Waals surface area contributed by atoms with Crippen molar-refractivity contribution in [3.05, 3.63) is 23.3 Å². The largest absolute Gasteiger partial charge is 0.326 e. The van der Waals surface area contributed by atoms with Gasteiger partial charge in [0.05, 0.1) is 4.90 Å². The van der Waals surface area contributed by atoms with Gasteiger partial charge in [-0.1, -0.05) is 0 Å². The SMILES string of the molecule is Cc1cc(S(N)(=O)=O)cc(NC(=O)CC2CCCN2)c1C. The Bertz CT molecular complexity index is 650. The summed E-state index contributed by atoms with van der Waals surface area (Å²) in [6, 6.07) is 3.13. The van der Waals surface area contributed by atoms with Crippen LogP contribution in [0.25, 0.3) is 0 Å². The zero-order valence-electron chi connectivity index (χ0n) is 12.3. The molecule has 1 atom stereocenters. The number of benzene rings is 1. The zero-order valence-corrected chi connectivity index (χ0v) is 13.1. The second-order valence-electron chi connectivity index (χ2n) is 5.50. The molecule has 0 saturated carbocycles. The molecule has 0 radical (unpaired) electrons. The number of nitrogens with one attached hydrogen (secondary N) is 2. The van der Waals surface area contributed by atoms with Gasteiger partial charge in [-0.25, -0.2) is 13.6 Å². The van der Waals surface area contributed by atoms with E-state index in [2.05, 4.69) is 10.6 Å². The highest BCUT2D eigenvalue weighted by Gasteiger charge is 2.19. The molecule has 0 bridgehead atoms. The van der Waals surface area contributed by atoms with Crippen molar-refractivity contribution in [2.24, 2.45) is 5.14 Å². The first-order valence-electron chi connectivity index (χ1n) is 6.94. The van der Waals surface area contributed by atoms with Crippen LogP contribution in [0.4, 0.5) is 5.69 Å². The lowest BCUT2D eigenvalue weighted by atomic mass is 10.1. The van der Waals surface area contributed by atoms with Crippen LogP contribution in [0, 0.1) is 13.8 Å². The third-order valence-electron chi connectivity index (χ3n) is 3.84. The number of hydrogen-bond acceptors (Lipinski definition) is 4. The summed E-state index contributed by atoms with van der Waals surface area (Å²) in [5, 5.41) is 11.2. The normalized spacial score (nSPS) is 18.7. The van der Waals surface area contributed by atoms with Crippen LogP contribution in [-0.2, 0) is 14.8 Å². The lowest BCUT2D eigenvalue weighted by Crippen LogP contribution is -2.27. The van der Waals surface area contributed by atoms with Crippen LogP contribution in [0.1, 0.15) is 30.4 Å². The van der Waals surface area contributed by atoms with Crippen molar-refractivity contribution >= 4 is 21.6 Å². The lowest BCUT2D eigenvalue weighted by Gasteiger charge is -2.14. The number of carbonyl (C=O) groups excluding carboxylic acids is 1. The van der Waals surface area contributed by atoms with Gasteiger partial charge in [0.1, 0.15) is 0 Å². The molecule has 1 fully saturated rings. The van der Waals surface area contributed by atoms with Gasteiger partial charge in [-0.2, -0.15) is 0 Å². The quantitative estimate of drug-likeness (QED) is 0.773. The summed E-state index contributed by atoms with van der Waals surface area (Å²) in [4.78, 5) is 12.1. The Morgan fingerprint density at radius 1 is 1.43 bits per heavy atom. The Morgan fingerprint density at radius 2 is 2.14 bits per heavy atom. The Labute approximate surface area is 125 Å². The Kier molecular flexibility index (Phi) is 4.65. The van der Waals surface area contributed by atoms with Crippen LogP contribution >= 0.6 is 0 Å². The van der Waals surface area contributed by atoms with E-state index >= 15 is 0 Å². The number of sulfonamides is 1. The highest BCUT2D eigenvalue weighted by molar-refractivity contribution is 7.89. The molecule has 1 unspecified atom stereocenters. The average molecular weight is 311 g/mol. The molecule has 7 heteroatoms. The summed E-state index contributed by atoms with van der Waals surface area (Å²) in [5.41, 5.74) is 2.12. The summed E-state index contributed by atoms with van der Waals surface area (Å²) < 4.78 is 22.9. The van der Waals surface area contributed by atoms with Crippen LogP contribution in [-0.4, -0.2) is 26.9 Å². The van der Waals surface area contributed by atoms with E-state index in [4.69, 9.17) is 5.14 Å². The van der Waals surface area contributed by atoms with Crippen LogP contribution < -0.4 is 15.8 Å². The van der Waals surface area contributed by atoms with Gasteiger partial charge in [-0.05, 0) is 56.5 Å². The molecule has 0 aromatic heterocycles. The minimum atomic E-state index is -3.79. The molecule has 2 rings (SSSR count). The predicted molar refractivity (Wildman–Crippen MR) is 81.6 cm³/mol. The van der Waals surface area contributed by atoms with E-state index in [0.717, 1.165) is 30.5 Å². The first-order valence-corrected chi connectivity index (χ1v) is 8.49. The van der Waals surface area contributed by atoms with Gasteiger partial charge in [0, 0.05) is 18.2 Å². The van der Waals surface area contributed by atoms with Crippen molar-refractivity contribution in [2.45, 2.75) is 44.0 Å². The number of nitrogens with two attached hydrogens (primary N) is 1. The standard InChI is InChI=1S/C14H21N3O3S/c1-9-6-12(21(15,19)20)8-13(10(9)2)17-14(18)7-11-4-3-5-16-11/h6,8,11,16H,3-5,7H2,1-2H3,(H,17,18)(H2,15,19,20). The van der Waals surface area contributed by atoms with E-state index in [-0.39, 0.29) is 16.8 Å². The molecule has 1 heterocycles. The zero-order chi connectivity index (χ0) is 15.6. The minimum Gasteiger partial charge on any atom is -0.326 e. The van der Waals surface area contributed by atoms with Crippen LogP contribution in [0.3, 0.4) is 0 Å². The number of hydrogen-bond donors (Lipinski definition) is 3. The van der Waals surface area contributed by atoms with Crippen molar-refractivity contribution in [3.8, 4) is 0 Å². The maximum atomic E-state index is 12.1. The molecule has 4 N–H and O–H groups in total. The minimum absolute atomic E-state index is 0.0138. The Morgan fingerprint density at radius 3 is 2.71 bits per heavy atom. The average Bonchev–Trinajstić information content (AvgIpc) is 2.86. The van der Waals surface area contributed by atoms with E-state index in [1.165, 1.54) is 12.1 Å². The summed E-state index contributed by atoms with van der Waals surface area (Å²) in [5.74, 6) is -0.122. The highest BCUT2D eigenvalue weighted by Crippen LogP contribution is 2.24. The molecule has 116 valence electrons. The van der Waals surface area contributed by atoms with E-state index < -0.39 is 10.0 Å². The number of aryl methyl sites for hydroxylation is 1. The van der Waals surface area contributed by atoms with Gasteiger partial charge in [0.2, 0.25) is 15.9 Å². The summed E-state index contributed by atoms with van der Waals surface area (Å²) >= 11 is 0. The van der Waals surface area contributed by atoms with Gasteiger partial charge in [0.15, 0.2) is 0 Å². The third-order valence-corrected chi connectivity index (χ3v) is 4.73. The number of amides is 1. The number of rotatable bonds is 4. The fourth-order valence-electron chi connectivity index (χ4n) is 2.48. The van der Waals surface area contributed by atoms with E-state index in [0.29, 0.717) is 12.1 Å². The molecule has 1 aromatic rings. The number of primary sulfonamides is 1. The summed E-state index contributed by atoms with van der Waals surface area (Å²) in [7, 11) is -3.79. The van der Waals surface area contributed by atoms with Crippen molar-refractivity contribution in [1.82, 2.24) is 5.32 Å². The molecule has 1 aliphatic heterocycles. The first-order chi connectivity index (χ1) is 9.77. The summed E-state index contributed by atoms with van der Waals surface area (Å²) in [6.45, 7) is 4.57. The van der Waals surface area contributed by atoms with E-state index in [9.17, 15) is 13.2 Å². The van der Waals surface area contributed by atoms with Crippen molar-refractivity contribution in [3.63, 3.8) is 0 Å². The Balaban J connectivity index is 2.18. The molecular weight excluding hydrogens is 290 g/mol. The van der Waals surface area contributed by atoms with Gasteiger partial charge >= 0.3 is 0 Å². The fraction of sp³-hybridized carbons (Fsp3) is 0.500. The number of anilines is 1. The fourth-order valence-corrected chi connectivity index (χ4v) is 3.10. The van der Waals surface area contributed by atoms with E-state index in [1.54, 1.807) is 6.92 Å². The van der Waals surface area contributed by atoms with Crippen LogP contribution in [0.15, 0.2) is 17.0 Å². The molecular formula is C14H21N3O3S. The van der Waals surface area contributed by atoms with Crippen molar-refractivity contribution < 1.29 is 13.2 Å². The highest BCUT2D eigenvalue weighted by atomic mass is 32.2. The van der Waals surface area contributed by atoms with Crippen LogP contribution in [0.5, 0.6) is 0 Å². The first kappa shape index (κ1) is 15.9. The smallest absolute Gasteiger partial charge is 0.238 e. The Hall–Kier alpha value is -1.44. The summed E-state index contributed by atoms with van der Waals surface area (Å²) in [6.07, 6.45) is 2.46. The number of carbonyl (C=O) groups is 1. The molecule has 0 aliphatic carbocycles. The van der Waals surface area contributed by atoms with Gasteiger partial charge in [0.25, 0.3) is 0 Å². The third kappa shape index (κ3) is 4.03. The molecule has 6 nitrogen and oxygen atoms in total. The second-order valence-corrected chi connectivity index (χ2v) is 7.06. The van der Waals surface area contributed by atoms with Gasteiger partial charge in [-0.3, -0.25) is 4.79 Å². The molecule has 1 aromatic carbocycles. The topological polar surface area (TPSA) is 101 Å². The van der Waals surface area contributed by atoms with Crippen LogP contribution in [0.2, 0.25) is 0 Å². The van der Waals surface area contributed by atoms with Crippen molar-refractivity contribution in [1.29, 1.82) is 0 Å². The van der Waals surface area contributed by atoms with Crippen molar-refractivity contribution in [2.75, 3.05) is 11.9 Å². The molecule has 21 heavy (non-hydrogen) atoms. The predicted octanol–water partition coefficient (Wildman–Crippen LogP) is 1.03. The van der Waals surface area contributed by atoms with E-state index in [1.807, 2.05) is 6.92 Å². The second kappa shape index (κ2) is 6.13. The molecule has 1 amide bonds. The monoisotopic (exact) mass is 311 g/mol. The maximum absolute atomic E-state index is 12.1. The lowest BCUT2D eigenvalue weighted by molar-refractivity contribution is -0.116. The van der Waals surface area contributed by atoms with Gasteiger partial charge in [-0.15, -0.1) is 0 Å². The van der Waals surface area contributed by atoms with Gasteiger partial charge < -0.3 is 10.6 Å². The molecule has 1 aliphatic rings.